The maximum absolute atomic E-state index is 6.40. The molecule has 54 heavy (non-hydrogen) atoms. The van der Waals surface area contributed by atoms with Gasteiger partial charge in [-0.15, -0.1) is 0 Å². The number of benzene rings is 8. The average Bonchev–Trinajstić information content (AvgIpc) is 3.71. The van der Waals surface area contributed by atoms with Gasteiger partial charge in [-0.1, -0.05) is 147 Å². The Bertz CT molecular complexity index is 2970. The van der Waals surface area contributed by atoms with Crippen molar-refractivity contribution < 1.29 is 4.42 Å². The number of rotatable bonds is 4. The van der Waals surface area contributed by atoms with Crippen LogP contribution in [0.2, 0.25) is 0 Å². The maximum atomic E-state index is 6.40. The van der Waals surface area contributed by atoms with Gasteiger partial charge in [0, 0.05) is 32.8 Å². The lowest BCUT2D eigenvalue weighted by atomic mass is 9.81. The van der Waals surface area contributed by atoms with Gasteiger partial charge in [0.05, 0.1) is 6.04 Å². The topological polar surface area (TPSA) is 37.2 Å². The van der Waals surface area contributed by atoms with E-state index in [9.17, 15) is 0 Å². The molecule has 0 radical (unpaired) electrons. The van der Waals surface area contributed by atoms with Gasteiger partial charge in [-0.05, 0) is 97.1 Å². The number of hydrogen-bond donors (Lipinski definition) is 2. The van der Waals surface area contributed by atoms with Gasteiger partial charge in [0.15, 0.2) is 0 Å². The molecule has 9 aromatic rings. The van der Waals surface area contributed by atoms with E-state index in [0.717, 1.165) is 33.0 Å². The Balaban J connectivity index is 0.998. The van der Waals surface area contributed by atoms with Crippen LogP contribution in [0.1, 0.15) is 53.9 Å². The summed E-state index contributed by atoms with van der Waals surface area (Å²) < 4.78 is 6.40. The monoisotopic (exact) mass is 694 g/mol. The first kappa shape index (κ1) is 31.1. The highest BCUT2D eigenvalue weighted by Gasteiger charge is 2.38. The highest BCUT2D eigenvalue weighted by Crippen LogP contribution is 2.52. The molecule has 2 unspecified atom stereocenters. The van der Waals surface area contributed by atoms with Gasteiger partial charge >= 0.3 is 0 Å². The first-order valence-electron chi connectivity index (χ1n) is 18.9. The van der Waals surface area contributed by atoms with E-state index in [-0.39, 0.29) is 17.6 Å². The third-order valence-corrected chi connectivity index (χ3v) is 11.9. The van der Waals surface area contributed by atoms with Crippen LogP contribution in [0.25, 0.3) is 71.4 Å². The van der Waals surface area contributed by atoms with E-state index in [1.54, 1.807) is 0 Å². The van der Waals surface area contributed by atoms with E-state index in [4.69, 9.17) is 4.42 Å². The van der Waals surface area contributed by atoms with Crippen molar-refractivity contribution >= 4 is 49.2 Å². The minimum Gasteiger partial charge on any atom is -0.455 e. The van der Waals surface area contributed by atoms with Crippen LogP contribution in [-0.4, -0.2) is 0 Å². The Hall–Kier alpha value is -6.42. The lowest BCUT2D eigenvalue weighted by Gasteiger charge is -2.34. The van der Waals surface area contributed by atoms with Crippen molar-refractivity contribution in [1.82, 2.24) is 10.6 Å². The van der Waals surface area contributed by atoms with Gasteiger partial charge in [-0.25, -0.2) is 0 Å². The van der Waals surface area contributed by atoms with Gasteiger partial charge in [-0.3, -0.25) is 5.32 Å². The van der Waals surface area contributed by atoms with E-state index >= 15 is 0 Å². The highest BCUT2D eigenvalue weighted by atomic mass is 16.3. The summed E-state index contributed by atoms with van der Waals surface area (Å²) in [6.45, 7) is 4.73. The van der Waals surface area contributed by atoms with Crippen LogP contribution in [0, 0.1) is 0 Å². The second-order valence-electron chi connectivity index (χ2n) is 15.4. The largest absolute Gasteiger partial charge is 0.455 e. The zero-order chi connectivity index (χ0) is 36.0. The summed E-state index contributed by atoms with van der Waals surface area (Å²) >= 11 is 0. The van der Waals surface area contributed by atoms with E-state index in [2.05, 4.69) is 194 Å². The molecule has 0 spiro atoms. The number of hydrogen-bond acceptors (Lipinski definition) is 3. The highest BCUT2D eigenvalue weighted by molar-refractivity contribution is 6.15. The molecule has 0 amide bonds. The van der Waals surface area contributed by atoms with Gasteiger partial charge in [-0.2, -0.15) is 0 Å². The summed E-state index contributed by atoms with van der Waals surface area (Å²) in [5.41, 5.74) is 14.4. The molecule has 2 atom stereocenters. The third kappa shape index (κ3) is 4.79. The molecular weight excluding hydrogens is 657 g/mol. The smallest absolute Gasteiger partial charge is 0.143 e. The van der Waals surface area contributed by atoms with Crippen LogP contribution in [0.15, 0.2) is 174 Å². The fraction of sp³-hybridized carbons (Fsp3) is 0.0980. The van der Waals surface area contributed by atoms with E-state index in [1.807, 2.05) is 0 Å². The molecule has 0 saturated carbocycles. The first-order chi connectivity index (χ1) is 26.5. The molecule has 1 aliphatic heterocycles. The molecule has 3 nitrogen and oxygen atoms in total. The van der Waals surface area contributed by atoms with Crippen molar-refractivity contribution in [2.24, 2.45) is 0 Å². The maximum Gasteiger partial charge on any atom is 0.143 e. The molecule has 2 aliphatic rings. The van der Waals surface area contributed by atoms with E-state index in [1.165, 1.54) is 66.2 Å². The Kier molecular flexibility index (Phi) is 6.80. The molecule has 3 heteroatoms. The lowest BCUT2D eigenvalue weighted by molar-refractivity contribution is 0.443. The zero-order valence-corrected chi connectivity index (χ0v) is 30.2. The van der Waals surface area contributed by atoms with Crippen LogP contribution in [0.5, 0.6) is 0 Å². The van der Waals surface area contributed by atoms with Crippen molar-refractivity contribution in [1.29, 1.82) is 0 Å². The minimum atomic E-state index is -0.105. The van der Waals surface area contributed by atoms with Gasteiger partial charge < -0.3 is 9.73 Å². The van der Waals surface area contributed by atoms with Crippen molar-refractivity contribution in [2.45, 2.75) is 31.5 Å². The average molecular weight is 695 g/mol. The summed E-state index contributed by atoms with van der Waals surface area (Å²) in [7, 11) is 0. The molecule has 11 rings (SSSR count). The Morgan fingerprint density at radius 1 is 0.519 bits per heavy atom. The quantitative estimate of drug-likeness (QED) is 0.193. The Morgan fingerprint density at radius 3 is 2.09 bits per heavy atom. The van der Waals surface area contributed by atoms with Gasteiger partial charge in [0.25, 0.3) is 0 Å². The fourth-order valence-electron chi connectivity index (χ4n) is 9.09. The van der Waals surface area contributed by atoms with Crippen molar-refractivity contribution in [2.75, 3.05) is 0 Å². The predicted octanol–water partition coefficient (Wildman–Crippen LogP) is 12.8. The summed E-state index contributed by atoms with van der Waals surface area (Å²) in [5.74, 6) is 0. The molecular formula is C51H38N2O. The molecule has 258 valence electrons. The first-order valence-corrected chi connectivity index (χ1v) is 18.9. The molecule has 1 aromatic heterocycles. The normalized spacial score (nSPS) is 17.4. The SMILES string of the molecule is CC1(C)c2cc3ccccc3cc2-c2c(C3=CC(c4ccc(-c5ccc6oc7c8ccccc8ccc7c6c5)cc4)NC(c4ccccc4)N3)cccc21. The van der Waals surface area contributed by atoms with Crippen LogP contribution >= 0.6 is 0 Å². The van der Waals surface area contributed by atoms with Crippen molar-refractivity contribution in [3.63, 3.8) is 0 Å². The number of furan rings is 1. The van der Waals surface area contributed by atoms with Crippen molar-refractivity contribution in [3.8, 4) is 22.3 Å². The summed E-state index contributed by atoms with van der Waals surface area (Å²) in [6, 6.07) is 59.5. The standard InChI is InChI=1S/C51H38N2O/c1-51(2)43-18-10-17-40(48(43)42-28-35-14-6-7-15-36(35)29-44(42)51)46-30-45(52-50(53-46)34-12-4-3-5-13-34)33-21-19-31(20-22-33)37-24-26-47-41(27-37)39-25-23-32-11-8-9-16-38(32)49(39)54-47/h3-30,45,50,52-53H,1-2H3. The van der Waals surface area contributed by atoms with Crippen LogP contribution in [0.3, 0.4) is 0 Å². The van der Waals surface area contributed by atoms with Crippen LogP contribution < -0.4 is 10.6 Å². The molecule has 0 fully saturated rings. The second-order valence-corrected chi connectivity index (χ2v) is 15.4. The molecule has 2 N–H and O–H groups in total. The van der Waals surface area contributed by atoms with E-state index in [0.29, 0.717) is 0 Å². The predicted molar refractivity (Wildman–Crippen MR) is 224 cm³/mol. The Morgan fingerprint density at radius 2 is 1.26 bits per heavy atom. The molecule has 1 aliphatic carbocycles. The zero-order valence-electron chi connectivity index (χ0n) is 30.2. The van der Waals surface area contributed by atoms with Gasteiger partial charge in [0.2, 0.25) is 0 Å². The van der Waals surface area contributed by atoms with Crippen LogP contribution in [0.4, 0.5) is 0 Å². The summed E-state index contributed by atoms with van der Waals surface area (Å²) in [6.07, 6.45) is 2.31. The van der Waals surface area contributed by atoms with Crippen molar-refractivity contribution in [3.05, 3.63) is 198 Å². The third-order valence-electron chi connectivity index (χ3n) is 11.9. The van der Waals surface area contributed by atoms with E-state index < -0.39 is 0 Å². The molecule has 0 saturated heterocycles. The van der Waals surface area contributed by atoms with Gasteiger partial charge in [0.1, 0.15) is 17.3 Å². The Labute approximate surface area is 314 Å². The molecule has 0 bridgehead atoms. The number of nitrogens with one attached hydrogen (secondary N) is 2. The number of fused-ring (bicyclic) bond motifs is 9. The lowest BCUT2D eigenvalue weighted by Crippen LogP contribution is -2.39. The minimum absolute atomic E-state index is 0.00423. The molecule has 2 heterocycles. The summed E-state index contributed by atoms with van der Waals surface area (Å²) in [4.78, 5) is 0. The summed E-state index contributed by atoms with van der Waals surface area (Å²) in [5, 5.41) is 15.1. The fourth-order valence-corrected chi connectivity index (χ4v) is 9.09. The second kappa shape index (κ2) is 11.8. The molecule has 8 aromatic carbocycles. The van der Waals surface area contributed by atoms with Crippen LogP contribution in [-0.2, 0) is 5.41 Å².